The number of sulfone groups is 1. The van der Waals surface area contributed by atoms with Gasteiger partial charge in [-0.15, -0.1) is 0 Å². The number of benzene rings is 1. The second kappa shape index (κ2) is 21.3. The third-order valence-corrected chi connectivity index (χ3v) is 5.47. The van der Waals surface area contributed by atoms with Crippen LogP contribution in [0.15, 0.2) is 29.2 Å². The molecule has 0 aliphatic carbocycles. The highest BCUT2D eigenvalue weighted by atomic mass is 32.2. The monoisotopic (exact) mass is 431 g/mol. The molecule has 1 aromatic rings. The molecule has 1 aliphatic heterocycles. The van der Waals surface area contributed by atoms with Crippen molar-refractivity contribution in [2.75, 3.05) is 25.4 Å². The van der Waals surface area contributed by atoms with Crippen LogP contribution in [0.4, 0.5) is 0 Å². The van der Waals surface area contributed by atoms with Crippen LogP contribution in [0.2, 0.25) is 0 Å². The quantitative estimate of drug-likeness (QED) is 0.627. The molecule has 1 aromatic carbocycles. The number of nitrogens with zero attached hydrogens (tertiary/aromatic N) is 1. The average Bonchev–Trinajstić information content (AvgIpc) is 2.79. The predicted molar refractivity (Wildman–Crippen MR) is 126 cm³/mol. The van der Waals surface area contributed by atoms with Gasteiger partial charge in [0.05, 0.1) is 17.1 Å². The van der Waals surface area contributed by atoms with Crippen molar-refractivity contribution < 1.29 is 18.3 Å². The lowest BCUT2D eigenvalue weighted by atomic mass is 10.1. The fourth-order valence-corrected chi connectivity index (χ4v) is 3.82. The first-order valence-corrected chi connectivity index (χ1v) is 12.9. The van der Waals surface area contributed by atoms with Crippen molar-refractivity contribution in [2.24, 2.45) is 0 Å². The summed E-state index contributed by atoms with van der Waals surface area (Å²) in [4.78, 5) is 13.1. The van der Waals surface area contributed by atoms with Crippen molar-refractivity contribution in [2.45, 2.75) is 86.0 Å². The van der Waals surface area contributed by atoms with Crippen LogP contribution in [0.5, 0.6) is 0 Å². The molecule has 0 radical (unpaired) electrons. The average molecular weight is 432 g/mol. The molecule has 172 valence electrons. The molecular weight excluding hydrogens is 386 g/mol. The Kier molecular flexibility index (Phi) is 23.7. The van der Waals surface area contributed by atoms with Gasteiger partial charge in [-0.25, -0.2) is 8.42 Å². The zero-order valence-corrected chi connectivity index (χ0v) is 20.8. The SMILES string of the molecule is CC.CC.CC.CC.O=C(O)Cc1ccc(S(=O)(=O)CCN2CCCCC2)cc1. The second-order valence-electron chi connectivity index (χ2n) is 5.44. The summed E-state index contributed by atoms with van der Waals surface area (Å²) in [5, 5.41) is 8.70. The molecule has 0 aromatic heterocycles. The summed E-state index contributed by atoms with van der Waals surface area (Å²) in [6.45, 7) is 18.5. The predicted octanol–water partition coefficient (Wildman–Crippen LogP) is 5.68. The van der Waals surface area contributed by atoms with Crippen molar-refractivity contribution in [1.82, 2.24) is 4.90 Å². The Morgan fingerprint density at radius 2 is 1.31 bits per heavy atom. The van der Waals surface area contributed by atoms with Crippen LogP contribution in [0, 0.1) is 0 Å². The summed E-state index contributed by atoms with van der Waals surface area (Å²) >= 11 is 0. The first-order chi connectivity index (χ1) is 14.0. The van der Waals surface area contributed by atoms with E-state index in [1.807, 2.05) is 55.4 Å². The van der Waals surface area contributed by atoms with Gasteiger partial charge >= 0.3 is 5.97 Å². The molecule has 29 heavy (non-hydrogen) atoms. The normalized spacial score (nSPS) is 13.0. The Balaban J connectivity index is -0.000000754. The van der Waals surface area contributed by atoms with E-state index in [9.17, 15) is 13.2 Å². The lowest BCUT2D eigenvalue weighted by molar-refractivity contribution is -0.136. The van der Waals surface area contributed by atoms with Crippen LogP contribution in [0.3, 0.4) is 0 Å². The number of rotatable bonds is 6. The van der Waals surface area contributed by atoms with E-state index < -0.39 is 15.8 Å². The van der Waals surface area contributed by atoms with Gasteiger partial charge in [-0.3, -0.25) is 4.79 Å². The van der Waals surface area contributed by atoms with E-state index in [0.717, 1.165) is 25.9 Å². The molecule has 1 heterocycles. The Morgan fingerprint density at radius 3 is 1.72 bits per heavy atom. The molecule has 0 unspecified atom stereocenters. The van der Waals surface area contributed by atoms with Crippen LogP contribution in [-0.2, 0) is 21.1 Å². The minimum atomic E-state index is -3.29. The van der Waals surface area contributed by atoms with Gasteiger partial charge in [0.15, 0.2) is 9.84 Å². The number of hydrogen-bond acceptors (Lipinski definition) is 4. The fraction of sp³-hybridized carbons (Fsp3) is 0.696. The van der Waals surface area contributed by atoms with E-state index in [1.54, 1.807) is 12.1 Å². The lowest BCUT2D eigenvalue weighted by Gasteiger charge is -2.26. The molecule has 2 rings (SSSR count). The molecule has 1 fully saturated rings. The number of piperidine rings is 1. The molecule has 0 saturated carbocycles. The number of hydrogen-bond donors (Lipinski definition) is 1. The molecule has 0 bridgehead atoms. The van der Waals surface area contributed by atoms with Crippen LogP contribution in [-0.4, -0.2) is 49.8 Å². The second-order valence-corrected chi connectivity index (χ2v) is 7.54. The molecule has 0 amide bonds. The molecule has 0 spiro atoms. The van der Waals surface area contributed by atoms with Crippen LogP contribution >= 0.6 is 0 Å². The topological polar surface area (TPSA) is 74.7 Å². The number of aliphatic carboxylic acids is 1. The standard InChI is InChI=1S/C15H21NO4S.4C2H6/c17-15(18)12-13-4-6-14(7-5-13)21(19,20)11-10-16-8-2-1-3-9-16;4*1-2/h4-7H,1-3,8-12H2,(H,17,18);4*1-2H3. The van der Waals surface area contributed by atoms with Gasteiger partial charge in [0.2, 0.25) is 0 Å². The summed E-state index contributed by atoms with van der Waals surface area (Å²) in [5.41, 5.74) is 0.609. The highest BCUT2D eigenvalue weighted by Gasteiger charge is 2.18. The number of likely N-dealkylation sites (tertiary alicyclic amines) is 1. The number of carboxylic acid groups (broad SMARTS) is 1. The van der Waals surface area contributed by atoms with Gasteiger partial charge in [0.1, 0.15) is 0 Å². The Labute approximate surface area is 180 Å². The maximum absolute atomic E-state index is 12.3. The van der Waals surface area contributed by atoms with Crippen LogP contribution < -0.4 is 0 Å². The van der Waals surface area contributed by atoms with E-state index in [-0.39, 0.29) is 17.1 Å². The van der Waals surface area contributed by atoms with Gasteiger partial charge in [-0.05, 0) is 43.6 Å². The van der Waals surface area contributed by atoms with E-state index in [2.05, 4.69) is 4.90 Å². The molecule has 1 aliphatic rings. The van der Waals surface area contributed by atoms with Gasteiger partial charge < -0.3 is 10.0 Å². The first kappa shape index (κ1) is 32.3. The molecule has 1 N–H and O–H groups in total. The van der Waals surface area contributed by atoms with Gasteiger partial charge in [0, 0.05) is 6.54 Å². The fourth-order valence-electron chi connectivity index (χ4n) is 2.54. The summed E-state index contributed by atoms with van der Waals surface area (Å²) in [5.74, 6) is -0.804. The highest BCUT2D eigenvalue weighted by molar-refractivity contribution is 7.91. The highest BCUT2D eigenvalue weighted by Crippen LogP contribution is 2.15. The summed E-state index contributed by atoms with van der Waals surface area (Å²) in [7, 11) is -3.29. The number of carbonyl (C=O) groups is 1. The van der Waals surface area contributed by atoms with E-state index in [4.69, 9.17) is 5.11 Å². The van der Waals surface area contributed by atoms with Crippen LogP contribution in [0.1, 0.15) is 80.2 Å². The van der Waals surface area contributed by atoms with E-state index >= 15 is 0 Å². The molecule has 6 heteroatoms. The van der Waals surface area contributed by atoms with Gasteiger partial charge in [-0.1, -0.05) is 73.9 Å². The molecular formula is C23H45NO4S. The smallest absolute Gasteiger partial charge is 0.307 e. The lowest BCUT2D eigenvalue weighted by Crippen LogP contribution is -2.33. The van der Waals surface area contributed by atoms with Crippen molar-refractivity contribution in [3.63, 3.8) is 0 Å². The zero-order chi connectivity index (χ0) is 23.3. The van der Waals surface area contributed by atoms with Crippen molar-refractivity contribution in [3.8, 4) is 0 Å². The van der Waals surface area contributed by atoms with E-state index in [0.29, 0.717) is 12.1 Å². The van der Waals surface area contributed by atoms with Crippen molar-refractivity contribution >= 4 is 15.8 Å². The van der Waals surface area contributed by atoms with E-state index in [1.165, 1.54) is 18.6 Å². The summed E-state index contributed by atoms with van der Waals surface area (Å²) < 4.78 is 24.5. The first-order valence-electron chi connectivity index (χ1n) is 11.2. The minimum absolute atomic E-state index is 0.0892. The molecule has 5 nitrogen and oxygen atoms in total. The Bertz CT molecular complexity index is 577. The Hall–Kier alpha value is -1.40. The third-order valence-electron chi connectivity index (χ3n) is 3.76. The number of carboxylic acids is 1. The van der Waals surface area contributed by atoms with Crippen LogP contribution in [0.25, 0.3) is 0 Å². The Morgan fingerprint density at radius 1 is 0.862 bits per heavy atom. The van der Waals surface area contributed by atoms with Crippen molar-refractivity contribution in [3.05, 3.63) is 29.8 Å². The minimum Gasteiger partial charge on any atom is -0.481 e. The molecule has 0 atom stereocenters. The maximum Gasteiger partial charge on any atom is 0.307 e. The van der Waals surface area contributed by atoms with Gasteiger partial charge in [-0.2, -0.15) is 0 Å². The zero-order valence-electron chi connectivity index (χ0n) is 20.0. The van der Waals surface area contributed by atoms with Crippen molar-refractivity contribution in [1.29, 1.82) is 0 Å². The maximum atomic E-state index is 12.3. The summed E-state index contributed by atoms with van der Waals surface area (Å²) in [6, 6.07) is 6.15. The largest absolute Gasteiger partial charge is 0.481 e. The van der Waals surface area contributed by atoms with Gasteiger partial charge in [0.25, 0.3) is 0 Å². The molecule has 1 saturated heterocycles. The summed E-state index contributed by atoms with van der Waals surface area (Å²) in [6.07, 6.45) is 3.43. The third kappa shape index (κ3) is 15.1.